The second-order valence-electron chi connectivity index (χ2n) is 10.0. The zero-order valence-electron chi connectivity index (χ0n) is 21.6. The van der Waals surface area contributed by atoms with E-state index in [0.717, 1.165) is 32.0 Å². The number of thiophene rings is 1. The number of rotatable bonds is 6. The third-order valence-electron chi connectivity index (χ3n) is 7.04. The highest BCUT2D eigenvalue weighted by Crippen LogP contribution is 2.41. The number of nitro groups is 1. The Kier molecular flexibility index (Phi) is 7.39. The summed E-state index contributed by atoms with van der Waals surface area (Å²) in [5, 5.41) is 11.0. The van der Waals surface area contributed by atoms with Crippen molar-refractivity contribution in [3.05, 3.63) is 76.5 Å². The third-order valence-corrected chi connectivity index (χ3v) is 14.5. The van der Waals surface area contributed by atoms with Gasteiger partial charge in [-0.15, -0.1) is 16.9 Å². The quantitative estimate of drug-likeness (QED) is 0.112. The number of fused-ring (bicyclic) bond motifs is 1. The lowest BCUT2D eigenvalue weighted by Gasteiger charge is -2.38. The van der Waals surface area contributed by atoms with Gasteiger partial charge in [0.2, 0.25) is 0 Å². The summed E-state index contributed by atoms with van der Waals surface area (Å²) < 4.78 is 0. The highest BCUT2D eigenvalue weighted by molar-refractivity contribution is 7.18. The van der Waals surface area contributed by atoms with Crippen molar-refractivity contribution in [2.24, 2.45) is 0 Å². The minimum atomic E-state index is -1.94. The molecule has 0 saturated heterocycles. The van der Waals surface area contributed by atoms with Crippen molar-refractivity contribution < 1.29 is 4.92 Å². The average molecular weight is 514 g/mol. The first kappa shape index (κ1) is 25.7. The molecule has 0 spiro atoms. The van der Waals surface area contributed by atoms with Gasteiger partial charge in [0.1, 0.15) is 19.5 Å². The SMILES string of the molecule is CC(C)[Si](C#Cc1nc2ccccc2nc1-c1ccc(-c2ccc([N+](=O)[O-])cc2)s1)(C(C)C)C(C)C. The first-order valence-electron chi connectivity index (χ1n) is 12.3. The van der Waals surface area contributed by atoms with Crippen molar-refractivity contribution >= 4 is 36.1 Å². The first-order valence-corrected chi connectivity index (χ1v) is 15.3. The van der Waals surface area contributed by atoms with Crippen LogP contribution >= 0.6 is 11.3 Å². The second kappa shape index (κ2) is 10.3. The second-order valence-corrected chi connectivity index (χ2v) is 16.7. The summed E-state index contributed by atoms with van der Waals surface area (Å²) in [7, 11) is -1.94. The van der Waals surface area contributed by atoms with E-state index in [1.54, 1.807) is 23.5 Å². The van der Waals surface area contributed by atoms with Crippen LogP contribution in [-0.2, 0) is 0 Å². The average Bonchev–Trinajstić information content (AvgIpc) is 3.33. The Morgan fingerprint density at radius 3 is 1.92 bits per heavy atom. The number of nitrogens with zero attached hydrogens (tertiary/aromatic N) is 3. The largest absolute Gasteiger partial charge is 0.269 e. The van der Waals surface area contributed by atoms with Crippen LogP contribution in [0.25, 0.3) is 32.0 Å². The molecule has 4 aromatic rings. The Balaban J connectivity index is 1.85. The first-order chi connectivity index (χ1) is 17.1. The molecule has 0 saturated carbocycles. The van der Waals surface area contributed by atoms with Crippen LogP contribution in [0.3, 0.4) is 0 Å². The molecule has 0 N–H and O–H groups in total. The fourth-order valence-corrected chi connectivity index (χ4v) is 11.4. The van der Waals surface area contributed by atoms with Gasteiger partial charge in [0, 0.05) is 17.0 Å². The summed E-state index contributed by atoms with van der Waals surface area (Å²) in [6.45, 7) is 13.9. The van der Waals surface area contributed by atoms with E-state index < -0.39 is 8.07 Å². The predicted molar refractivity (Wildman–Crippen MR) is 153 cm³/mol. The van der Waals surface area contributed by atoms with Crippen molar-refractivity contribution in [3.63, 3.8) is 0 Å². The summed E-state index contributed by atoms with van der Waals surface area (Å²) >= 11 is 1.60. The Morgan fingerprint density at radius 2 is 1.36 bits per heavy atom. The maximum absolute atomic E-state index is 11.0. The lowest BCUT2D eigenvalue weighted by Crippen LogP contribution is -2.43. The third kappa shape index (κ3) is 4.84. The van der Waals surface area contributed by atoms with Crippen LogP contribution in [0, 0.1) is 21.6 Å². The molecule has 2 aromatic heterocycles. The summed E-state index contributed by atoms with van der Waals surface area (Å²) in [5.74, 6) is 3.53. The Labute approximate surface area is 217 Å². The molecule has 0 radical (unpaired) electrons. The zero-order chi connectivity index (χ0) is 26.0. The smallest absolute Gasteiger partial charge is 0.258 e. The molecule has 0 aliphatic carbocycles. The number of non-ortho nitro benzene ring substituents is 1. The van der Waals surface area contributed by atoms with E-state index in [9.17, 15) is 10.1 Å². The molecule has 0 bridgehead atoms. The standard InChI is InChI=1S/C29H31N3O2SSi/c1-19(2)36(20(3)4,21(5)6)18-17-26-29(31-25-10-8-7-9-24(25)30-26)28-16-15-27(35-28)22-11-13-23(14-12-22)32(33)34/h7-16,19-21H,1-6H3. The van der Waals surface area contributed by atoms with Crippen LogP contribution in [0.5, 0.6) is 0 Å². The minimum Gasteiger partial charge on any atom is -0.258 e. The van der Waals surface area contributed by atoms with Gasteiger partial charge >= 0.3 is 0 Å². The molecule has 0 aliphatic heterocycles. The van der Waals surface area contributed by atoms with Crippen molar-refractivity contribution in [1.29, 1.82) is 0 Å². The van der Waals surface area contributed by atoms with Gasteiger partial charge in [-0.05, 0) is 58.6 Å². The van der Waals surface area contributed by atoms with Crippen LogP contribution in [0.2, 0.25) is 16.6 Å². The van der Waals surface area contributed by atoms with Crippen LogP contribution < -0.4 is 0 Å². The van der Waals surface area contributed by atoms with Crippen LogP contribution in [0.4, 0.5) is 5.69 Å². The number of hydrogen-bond donors (Lipinski definition) is 0. The van der Waals surface area contributed by atoms with Crippen LogP contribution in [-0.4, -0.2) is 23.0 Å². The molecule has 36 heavy (non-hydrogen) atoms. The number of para-hydroxylation sites is 2. The number of benzene rings is 2. The van der Waals surface area contributed by atoms with Gasteiger partial charge in [-0.1, -0.05) is 59.6 Å². The molecule has 7 heteroatoms. The summed E-state index contributed by atoms with van der Waals surface area (Å²) in [6.07, 6.45) is 0. The van der Waals surface area contributed by atoms with Crippen molar-refractivity contribution in [1.82, 2.24) is 9.97 Å². The van der Waals surface area contributed by atoms with Gasteiger partial charge in [-0.2, -0.15) is 0 Å². The molecule has 2 aromatic carbocycles. The lowest BCUT2D eigenvalue weighted by molar-refractivity contribution is -0.384. The van der Waals surface area contributed by atoms with E-state index in [4.69, 9.17) is 9.97 Å². The summed E-state index contributed by atoms with van der Waals surface area (Å²) in [6, 6.07) is 18.6. The molecule has 0 aliphatic rings. The Hall–Kier alpha value is -3.34. The van der Waals surface area contributed by atoms with E-state index >= 15 is 0 Å². The van der Waals surface area contributed by atoms with Crippen molar-refractivity contribution in [2.45, 2.75) is 58.2 Å². The molecular weight excluding hydrogens is 482 g/mol. The van der Waals surface area contributed by atoms with Gasteiger partial charge in [-0.3, -0.25) is 10.1 Å². The zero-order valence-corrected chi connectivity index (χ0v) is 23.4. The van der Waals surface area contributed by atoms with Gasteiger partial charge in [0.15, 0.2) is 0 Å². The highest BCUT2D eigenvalue weighted by atomic mass is 32.1. The van der Waals surface area contributed by atoms with E-state index in [0.29, 0.717) is 22.3 Å². The molecule has 0 unspecified atom stereocenters. The van der Waals surface area contributed by atoms with Crippen molar-refractivity contribution in [2.75, 3.05) is 0 Å². The van der Waals surface area contributed by atoms with Gasteiger partial charge in [0.25, 0.3) is 5.69 Å². The molecular formula is C29H31N3O2SSi. The minimum absolute atomic E-state index is 0.0848. The highest BCUT2D eigenvalue weighted by Gasteiger charge is 2.41. The fraction of sp³-hybridized carbons (Fsp3) is 0.310. The lowest BCUT2D eigenvalue weighted by atomic mass is 10.1. The summed E-state index contributed by atoms with van der Waals surface area (Å²) in [5.41, 5.74) is 9.58. The fourth-order valence-electron chi connectivity index (χ4n) is 5.23. The normalized spacial score (nSPS) is 11.8. The molecule has 0 fully saturated rings. The number of hydrogen-bond acceptors (Lipinski definition) is 5. The monoisotopic (exact) mass is 513 g/mol. The van der Waals surface area contributed by atoms with Gasteiger partial charge in [-0.25, -0.2) is 9.97 Å². The van der Waals surface area contributed by atoms with Crippen LogP contribution in [0.15, 0.2) is 60.7 Å². The topological polar surface area (TPSA) is 68.9 Å². The molecule has 5 nitrogen and oxygen atoms in total. The van der Waals surface area contributed by atoms with Gasteiger partial charge in [0.05, 0.1) is 20.8 Å². The molecule has 184 valence electrons. The molecule has 4 rings (SSSR count). The van der Waals surface area contributed by atoms with Crippen molar-refractivity contribution in [3.8, 4) is 32.5 Å². The van der Waals surface area contributed by atoms with E-state index in [1.807, 2.05) is 36.4 Å². The summed E-state index contributed by atoms with van der Waals surface area (Å²) in [4.78, 5) is 22.6. The Bertz CT molecular complexity index is 1440. The van der Waals surface area contributed by atoms with E-state index in [-0.39, 0.29) is 10.6 Å². The Morgan fingerprint density at radius 1 is 0.806 bits per heavy atom. The molecule has 2 heterocycles. The maximum Gasteiger partial charge on any atom is 0.269 e. The number of nitro benzene ring substituents is 1. The maximum atomic E-state index is 11.0. The predicted octanol–water partition coefficient (Wildman–Crippen LogP) is 8.50. The van der Waals surface area contributed by atoms with E-state index in [2.05, 4.69) is 53.0 Å². The number of aromatic nitrogens is 2. The van der Waals surface area contributed by atoms with Gasteiger partial charge < -0.3 is 0 Å². The van der Waals surface area contributed by atoms with Crippen LogP contribution in [0.1, 0.15) is 47.2 Å². The molecule has 0 amide bonds. The molecule has 0 atom stereocenters. The van der Waals surface area contributed by atoms with E-state index in [1.165, 1.54) is 12.1 Å².